The van der Waals surface area contributed by atoms with Crippen LogP contribution in [0.25, 0.3) is 44.2 Å². The van der Waals surface area contributed by atoms with Gasteiger partial charge >= 0.3 is 0 Å². The van der Waals surface area contributed by atoms with Crippen molar-refractivity contribution in [3.8, 4) is 28.3 Å². The Labute approximate surface area is 155 Å². The molecule has 0 spiro atoms. The maximum absolute atomic E-state index is 9.10. The van der Waals surface area contributed by atoms with Crippen molar-refractivity contribution < 1.29 is 0 Å². The number of hydrogen-bond donors (Lipinski definition) is 1. The van der Waals surface area contributed by atoms with Crippen molar-refractivity contribution in [1.82, 2.24) is 19.7 Å². The first-order chi connectivity index (χ1) is 13.2. The second kappa shape index (κ2) is 5.82. The summed E-state index contributed by atoms with van der Waals surface area (Å²) in [6, 6.07) is 18.2. The van der Waals surface area contributed by atoms with Gasteiger partial charge in [-0.05, 0) is 35.4 Å². The number of aromatic nitrogens is 4. The number of hydrogen-bond acceptors (Lipinski definition) is 3. The summed E-state index contributed by atoms with van der Waals surface area (Å²) in [5.41, 5.74) is 6.70. The molecule has 0 aliphatic heterocycles. The van der Waals surface area contributed by atoms with Crippen LogP contribution in [0.4, 0.5) is 0 Å². The van der Waals surface area contributed by atoms with Crippen LogP contribution in [0.5, 0.6) is 0 Å². The van der Waals surface area contributed by atoms with Gasteiger partial charge in [0.05, 0.1) is 17.1 Å². The van der Waals surface area contributed by atoms with E-state index in [1.807, 2.05) is 60.7 Å². The number of nitriles is 1. The third-order valence-electron chi connectivity index (χ3n) is 4.82. The van der Waals surface area contributed by atoms with Gasteiger partial charge in [0.1, 0.15) is 5.65 Å². The quantitative estimate of drug-likeness (QED) is 0.504. The summed E-state index contributed by atoms with van der Waals surface area (Å²) in [4.78, 5) is 7.77. The Balaban J connectivity index is 1.79. The number of H-pyrrole nitrogens is 1. The fourth-order valence-electron chi connectivity index (χ4n) is 3.56. The Bertz CT molecular complexity index is 1330. The summed E-state index contributed by atoms with van der Waals surface area (Å²) in [6.07, 6.45) is 5.81. The van der Waals surface area contributed by atoms with Crippen LogP contribution in [0, 0.1) is 11.3 Å². The monoisotopic (exact) mass is 349 g/mol. The van der Waals surface area contributed by atoms with Crippen molar-refractivity contribution in [2.24, 2.45) is 7.05 Å². The first-order valence-electron chi connectivity index (χ1n) is 8.63. The number of pyridine rings is 1. The van der Waals surface area contributed by atoms with E-state index < -0.39 is 0 Å². The molecule has 0 saturated carbocycles. The standard InChI is InChI=1S/C22H15N5/c1-27-13-17-7-6-16(10-20(17)26-27)19-12-25-22-18(8-9-24-22)21(19)15-4-2-14(11-23)3-5-15/h2-10,12-13H,1H3,(H,24,25). The van der Waals surface area contributed by atoms with E-state index in [2.05, 4.69) is 39.3 Å². The lowest BCUT2D eigenvalue weighted by molar-refractivity contribution is 0.780. The Kier molecular flexibility index (Phi) is 3.31. The lowest BCUT2D eigenvalue weighted by Crippen LogP contribution is -1.90. The molecule has 0 bridgehead atoms. The van der Waals surface area contributed by atoms with Crippen LogP contribution in [0.3, 0.4) is 0 Å². The molecule has 0 radical (unpaired) electrons. The second-order valence-corrected chi connectivity index (χ2v) is 6.55. The van der Waals surface area contributed by atoms with Crippen LogP contribution in [0.1, 0.15) is 5.56 Å². The third kappa shape index (κ3) is 2.47. The minimum atomic E-state index is 0.648. The van der Waals surface area contributed by atoms with Crippen LogP contribution in [0.2, 0.25) is 0 Å². The number of aromatic amines is 1. The highest BCUT2D eigenvalue weighted by Crippen LogP contribution is 2.37. The van der Waals surface area contributed by atoms with Gasteiger partial charge in [-0.15, -0.1) is 0 Å². The molecule has 0 atom stereocenters. The zero-order chi connectivity index (χ0) is 18.4. The number of benzene rings is 2. The molecule has 5 heteroatoms. The molecule has 0 fully saturated rings. The molecule has 3 heterocycles. The smallest absolute Gasteiger partial charge is 0.137 e. The van der Waals surface area contributed by atoms with Crippen LogP contribution >= 0.6 is 0 Å². The molecule has 0 aliphatic carbocycles. The van der Waals surface area contributed by atoms with Gasteiger partial charge in [-0.1, -0.05) is 24.3 Å². The topological polar surface area (TPSA) is 70.3 Å². The number of fused-ring (bicyclic) bond motifs is 2. The highest BCUT2D eigenvalue weighted by molar-refractivity contribution is 6.02. The van der Waals surface area contributed by atoms with Crippen molar-refractivity contribution in [2.75, 3.05) is 0 Å². The van der Waals surface area contributed by atoms with E-state index in [-0.39, 0.29) is 0 Å². The van der Waals surface area contributed by atoms with Gasteiger partial charge in [0.15, 0.2) is 0 Å². The molecule has 5 aromatic rings. The van der Waals surface area contributed by atoms with E-state index in [0.29, 0.717) is 5.56 Å². The Morgan fingerprint density at radius 3 is 2.67 bits per heavy atom. The molecule has 27 heavy (non-hydrogen) atoms. The van der Waals surface area contributed by atoms with Gasteiger partial charge in [-0.25, -0.2) is 4.98 Å². The van der Waals surface area contributed by atoms with Gasteiger partial charge in [0, 0.05) is 47.5 Å². The number of aryl methyl sites for hydroxylation is 1. The Morgan fingerprint density at radius 2 is 1.85 bits per heavy atom. The number of rotatable bonds is 2. The molecule has 0 saturated heterocycles. The van der Waals surface area contributed by atoms with Crippen molar-refractivity contribution >= 4 is 21.9 Å². The maximum atomic E-state index is 9.10. The van der Waals surface area contributed by atoms with Crippen LogP contribution in [-0.4, -0.2) is 19.7 Å². The summed E-state index contributed by atoms with van der Waals surface area (Å²) in [5, 5.41) is 15.8. The first kappa shape index (κ1) is 15.4. The zero-order valence-electron chi connectivity index (χ0n) is 14.6. The largest absolute Gasteiger partial charge is 0.346 e. The zero-order valence-corrected chi connectivity index (χ0v) is 14.6. The van der Waals surface area contributed by atoms with Crippen LogP contribution < -0.4 is 0 Å². The van der Waals surface area contributed by atoms with Crippen LogP contribution in [-0.2, 0) is 7.05 Å². The van der Waals surface area contributed by atoms with E-state index in [4.69, 9.17) is 5.26 Å². The molecule has 1 N–H and O–H groups in total. The minimum absolute atomic E-state index is 0.648. The van der Waals surface area contributed by atoms with E-state index >= 15 is 0 Å². The van der Waals surface area contributed by atoms with Crippen molar-refractivity contribution in [2.45, 2.75) is 0 Å². The minimum Gasteiger partial charge on any atom is -0.346 e. The van der Waals surface area contributed by atoms with Gasteiger partial charge in [0.25, 0.3) is 0 Å². The van der Waals surface area contributed by atoms with Gasteiger partial charge < -0.3 is 4.98 Å². The predicted octanol–water partition coefficient (Wildman–Crippen LogP) is 4.66. The summed E-state index contributed by atoms with van der Waals surface area (Å²) >= 11 is 0. The SMILES string of the molecule is Cn1cc2ccc(-c3cnc4[nH]ccc4c3-c3ccc(C#N)cc3)cc2n1. The third-order valence-corrected chi connectivity index (χ3v) is 4.82. The number of nitrogens with zero attached hydrogens (tertiary/aromatic N) is 4. The fraction of sp³-hybridized carbons (Fsp3) is 0.0455. The lowest BCUT2D eigenvalue weighted by Gasteiger charge is -2.12. The van der Waals surface area contributed by atoms with E-state index in [9.17, 15) is 0 Å². The molecular formula is C22H15N5. The van der Waals surface area contributed by atoms with E-state index in [0.717, 1.165) is 44.2 Å². The fourth-order valence-corrected chi connectivity index (χ4v) is 3.56. The summed E-state index contributed by atoms with van der Waals surface area (Å²) in [6.45, 7) is 0. The van der Waals surface area contributed by atoms with E-state index in [1.165, 1.54) is 0 Å². The average Bonchev–Trinajstić information content (AvgIpc) is 3.31. The number of nitrogens with one attached hydrogen (secondary N) is 1. The van der Waals surface area contributed by atoms with Gasteiger partial charge in [-0.2, -0.15) is 10.4 Å². The molecule has 5 rings (SSSR count). The molecule has 0 aliphatic rings. The van der Waals surface area contributed by atoms with Gasteiger partial charge in [-0.3, -0.25) is 4.68 Å². The van der Waals surface area contributed by atoms with Crippen molar-refractivity contribution in [1.29, 1.82) is 5.26 Å². The Hall–Kier alpha value is -3.91. The van der Waals surface area contributed by atoms with Crippen molar-refractivity contribution in [3.63, 3.8) is 0 Å². The highest BCUT2D eigenvalue weighted by atomic mass is 15.2. The maximum Gasteiger partial charge on any atom is 0.137 e. The lowest BCUT2D eigenvalue weighted by atomic mass is 9.93. The van der Waals surface area contributed by atoms with E-state index in [1.54, 1.807) is 0 Å². The summed E-state index contributed by atoms with van der Waals surface area (Å²) in [5.74, 6) is 0. The first-order valence-corrected chi connectivity index (χ1v) is 8.63. The molecule has 5 nitrogen and oxygen atoms in total. The van der Waals surface area contributed by atoms with Gasteiger partial charge in [0.2, 0.25) is 0 Å². The molecule has 3 aromatic heterocycles. The summed E-state index contributed by atoms with van der Waals surface area (Å²) in [7, 11) is 1.93. The molecule has 2 aromatic carbocycles. The second-order valence-electron chi connectivity index (χ2n) is 6.55. The molecule has 0 amide bonds. The summed E-state index contributed by atoms with van der Waals surface area (Å²) < 4.78 is 1.82. The van der Waals surface area contributed by atoms with Crippen LogP contribution in [0.15, 0.2) is 67.1 Å². The molecule has 128 valence electrons. The predicted molar refractivity (Wildman–Crippen MR) is 106 cm³/mol. The van der Waals surface area contributed by atoms with Crippen molar-refractivity contribution in [3.05, 3.63) is 72.7 Å². The average molecular weight is 349 g/mol. The normalized spacial score (nSPS) is 11.1. The highest BCUT2D eigenvalue weighted by Gasteiger charge is 2.14. The molecular weight excluding hydrogens is 334 g/mol. The Morgan fingerprint density at radius 1 is 1.04 bits per heavy atom. The molecule has 0 unspecified atom stereocenters.